The fourth-order valence-electron chi connectivity index (χ4n) is 2.33. The molecule has 0 spiro atoms. The molecule has 3 rings (SSSR count). The van der Waals surface area contributed by atoms with Crippen LogP contribution in [0.15, 0.2) is 47.4 Å². The molecule has 23 heavy (non-hydrogen) atoms. The van der Waals surface area contributed by atoms with Gasteiger partial charge in [-0.1, -0.05) is 12.1 Å². The number of rotatable bonds is 4. The summed E-state index contributed by atoms with van der Waals surface area (Å²) in [6, 6.07) is 10.5. The number of nitrogens with zero attached hydrogens (tertiary/aromatic N) is 2. The Morgan fingerprint density at radius 1 is 1.17 bits per heavy atom. The van der Waals surface area contributed by atoms with Crippen molar-refractivity contribution in [2.45, 2.75) is 18.4 Å². The number of sulfonamides is 1. The third kappa shape index (κ3) is 3.11. The van der Waals surface area contributed by atoms with Gasteiger partial charge in [0.2, 0.25) is 10.0 Å². The van der Waals surface area contributed by atoms with E-state index in [0.29, 0.717) is 11.1 Å². The summed E-state index contributed by atoms with van der Waals surface area (Å²) < 4.78 is 42.1. The van der Waals surface area contributed by atoms with Gasteiger partial charge >= 0.3 is 0 Å². The van der Waals surface area contributed by atoms with Gasteiger partial charge in [-0.05, 0) is 42.8 Å². The summed E-state index contributed by atoms with van der Waals surface area (Å²) in [4.78, 5) is 4.50. The van der Waals surface area contributed by atoms with E-state index in [1.54, 1.807) is 30.3 Å². The largest absolute Gasteiger partial charge is 0.331 e. The van der Waals surface area contributed by atoms with Crippen LogP contribution < -0.4 is 4.72 Å². The average Bonchev–Trinajstić information content (AvgIpc) is 2.81. The lowest BCUT2D eigenvalue weighted by molar-refractivity contribution is 0.581. The maximum absolute atomic E-state index is 12.9. The van der Waals surface area contributed by atoms with Gasteiger partial charge in [-0.25, -0.2) is 22.5 Å². The molecule has 0 amide bonds. The van der Waals surface area contributed by atoms with Crippen molar-refractivity contribution >= 4 is 21.1 Å². The lowest BCUT2D eigenvalue weighted by Crippen LogP contribution is -2.23. The summed E-state index contributed by atoms with van der Waals surface area (Å²) in [5, 5.41) is 0. The van der Waals surface area contributed by atoms with Gasteiger partial charge in [-0.3, -0.25) is 0 Å². The van der Waals surface area contributed by atoms with Gasteiger partial charge in [0, 0.05) is 13.6 Å². The van der Waals surface area contributed by atoms with Crippen molar-refractivity contribution in [2.75, 3.05) is 0 Å². The molecule has 1 aromatic heterocycles. The normalized spacial score (nSPS) is 12.0. The first-order valence-corrected chi connectivity index (χ1v) is 8.52. The fraction of sp³-hybridized carbons (Fsp3) is 0.188. The van der Waals surface area contributed by atoms with Crippen LogP contribution in [0, 0.1) is 12.7 Å². The summed E-state index contributed by atoms with van der Waals surface area (Å²) in [5.41, 5.74) is 2.19. The first-order chi connectivity index (χ1) is 10.9. The summed E-state index contributed by atoms with van der Waals surface area (Å²) in [6.07, 6.45) is 0. The zero-order valence-corrected chi connectivity index (χ0v) is 13.6. The zero-order chi connectivity index (χ0) is 16.6. The van der Waals surface area contributed by atoms with Crippen LogP contribution >= 0.6 is 0 Å². The standard InChI is InChI=1S/C16H16FN3O2S/c1-11-19-15-9-14(7-8-16(15)20(11)2)23(21,22)18-10-12-3-5-13(17)6-4-12/h3-9,18H,10H2,1-2H3. The van der Waals surface area contributed by atoms with E-state index in [-0.39, 0.29) is 17.3 Å². The summed E-state index contributed by atoms with van der Waals surface area (Å²) in [7, 11) is -1.78. The Bertz CT molecular complexity index is 963. The molecule has 120 valence electrons. The van der Waals surface area contributed by atoms with E-state index in [4.69, 9.17) is 0 Å². The van der Waals surface area contributed by atoms with Gasteiger partial charge in [0.1, 0.15) is 11.6 Å². The topological polar surface area (TPSA) is 64.0 Å². The molecule has 0 saturated carbocycles. The molecule has 0 unspecified atom stereocenters. The number of aryl methyl sites for hydroxylation is 2. The molecule has 0 aliphatic rings. The summed E-state index contributed by atoms with van der Waals surface area (Å²) >= 11 is 0. The molecule has 1 heterocycles. The predicted octanol–water partition coefficient (Wildman–Crippen LogP) is 2.50. The molecule has 5 nitrogen and oxygen atoms in total. The lowest BCUT2D eigenvalue weighted by Gasteiger charge is -2.07. The second-order valence-electron chi connectivity index (χ2n) is 5.32. The van der Waals surface area contributed by atoms with Crippen molar-refractivity contribution in [1.29, 1.82) is 0 Å². The van der Waals surface area contributed by atoms with Crippen LogP contribution in [0.5, 0.6) is 0 Å². The molecule has 0 bridgehead atoms. The highest BCUT2D eigenvalue weighted by molar-refractivity contribution is 7.89. The van der Waals surface area contributed by atoms with Crippen molar-refractivity contribution in [3.05, 3.63) is 59.7 Å². The lowest BCUT2D eigenvalue weighted by atomic mass is 10.2. The molecule has 0 aliphatic carbocycles. The molecular formula is C16H16FN3O2S. The second-order valence-corrected chi connectivity index (χ2v) is 7.09. The van der Waals surface area contributed by atoms with Crippen LogP contribution in [0.4, 0.5) is 4.39 Å². The Balaban J connectivity index is 1.85. The number of benzene rings is 2. The number of nitrogens with one attached hydrogen (secondary N) is 1. The Labute approximate surface area is 133 Å². The number of fused-ring (bicyclic) bond motifs is 1. The Kier molecular flexibility index (Phi) is 3.91. The molecule has 2 aromatic carbocycles. The van der Waals surface area contributed by atoms with Gasteiger partial charge in [-0.15, -0.1) is 0 Å². The van der Waals surface area contributed by atoms with E-state index in [1.165, 1.54) is 12.1 Å². The number of halogens is 1. The smallest absolute Gasteiger partial charge is 0.240 e. The van der Waals surface area contributed by atoms with Crippen molar-refractivity contribution in [3.8, 4) is 0 Å². The van der Waals surface area contributed by atoms with Crippen LogP contribution in [0.1, 0.15) is 11.4 Å². The molecular weight excluding hydrogens is 317 g/mol. The maximum atomic E-state index is 12.9. The third-order valence-electron chi connectivity index (χ3n) is 3.77. The van der Waals surface area contributed by atoms with E-state index >= 15 is 0 Å². The van der Waals surface area contributed by atoms with Gasteiger partial charge in [-0.2, -0.15) is 0 Å². The van der Waals surface area contributed by atoms with E-state index in [9.17, 15) is 12.8 Å². The van der Waals surface area contributed by atoms with Gasteiger partial charge in [0.05, 0.1) is 15.9 Å². The molecule has 7 heteroatoms. The molecule has 0 radical (unpaired) electrons. The van der Waals surface area contributed by atoms with Crippen LogP contribution in [0.2, 0.25) is 0 Å². The van der Waals surface area contributed by atoms with Crippen molar-refractivity contribution in [3.63, 3.8) is 0 Å². The van der Waals surface area contributed by atoms with Gasteiger partial charge < -0.3 is 4.57 Å². The minimum absolute atomic E-state index is 0.0991. The fourth-order valence-corrected chi connectivity index (χ4v) is 3.37. The minimum atomic E-state index is -3.66. The van der Waals surface area contributed by atoms with Gasteiger partial charge in [0.25, 0.3) is 0 Å². The number of aromatic nitrogens is 2. The average molecular weight is 333 g/mol. The quantitative estimate of drug-likeness (QED) is 0.798. The SMILES string of the molecule is Cc1nc2cc(S(=O)(=O)NCc3ccc(F)cc3)ccc2n1C. The Morgan fingerprint density at radius 3 is 2.57 bits per heavy atom. The van der Waals surface area contributed by atoms with Crippen LogP contribution in [0.25, 0.3) is 11.0 Å². The Hall–Kier alpha value is -2.25. The first kappa shape index (κ1) is 15.6. The second kappa shape index (κ2) is 5.75. The highest BCUT2D eigenvalue weighted by Crippen LogP contribution is 2.19. The summed E-state index contributed by atoms with van der Waals surface area (Å²) in [5.74, 6) is 0.460. The maximum Gasteiger partial charge on any atom is 0.240 e. The first-order valence-electron chi connectivity index (χ1n) is 7.04. The predicted molar refractivity (Wildman–Crippen MR) is 85.9 cm³/mol. The van der Waals surface area contributed by atoms with E-state index in [2.05, 4.69) is 9.71 Å². The highest BCUT2D eigenvalue weighted by atomic mass is 32.2. The number of hydrogen-bond donors (Lipinski definition) is 1. The number of imidazole rings is 1. The van der Waals surface area contributed by atoms with E-state index in [1.807, 2.05) is 18.5 Å². The summed E-state index contributed by atoms with van der Waals surface area (Å²) in [6.45, 7) is 1.96. The van der Waals surface area contributed by atoms with Crippen molar-refractivity contribution in [1.82, 2.24) is 14.3 Å². The molecule has 0 fully saturated rings. The van der Waals surface area contributed by atoms with Crippen LogP contribution in [-0.4, -0.2) is 18.0 Å². The van der Waals surface area contributed by atoms with E-state index in [0.717, 1.165) is 11.3 Å². The molecule has 3 aromatic rings. The minimum Gasteiger partial charge on any atom is -0.331 e. The van der Waals surface area contributed by atoms with Gasteiger partial charge in [0.15, 0.2) is 0 Å². The van der Waals surface area contributed by atoms with E-state index < -0.39 is 10.0 Å². The van der Waals surface area contributed by atoms with Crippen LogP contribution in [0.3, 0.4) is 0 Å². The van der Waals surface area contributed by atoms with Crippen molar-refractivity contribution < 1.29 is 12.8 Å². The molecule has 0 saturated heterocycles. The van der Waals surface area contributed by atoms with Crippen LogP contribution in [-0.2, 0) is 23.6 Å². The molecule has 0 aliphatic heterocycles. The monoisotopic (exact) mass is 333 g/mol. The third-order valence-corrected chi connectivity index (χ3v) is 5.16. The molecule has 1 N–H and O–H groups in total. The number of hydrogen-bond acceptors (Lipinski definition) is 3. The molecule has 0 atom stereocenters. The van der Waals surface area contributed by atoms with Crippen molar-refractivity contribution in [2.24, 2.45) is 7.05 Å². The Morgan fingerprint density at radius 2 is 1.87 bits per heavy atom. The highest BCUT2D eigenvalue weighted by Gasteiger charge is 2.16. The zero-order valence-electron chi connectivity index (χ0n) is 12.7.